The Kier molecular flexibility index (Phi) is 2.68. The molecule has 0 radical (unpaired) electrons. The number of anilines is 1. The molecule has 0 fully saturated rings. The average Bonchev–Trinajstić information content (AvgIpc) is 2.76. The summed E-state index contributed by atoms with van der Waals surface area (Å²) in [5, 5.41) is 7.93. The standard InChI is InChI=1S/C9H13N5S/c1-6(2)8-9(10)12-13-14(8)4-7-3-11-5-15-7/h3,5-6H,4,10H2,1-2H3. The molecule has 80 valence electrons. The van der Waals surface area contributed by atoms with Crippen molar-refractivity contribution >= 4 is 17.2 Å². The fourth-order valence-electron chi connectivity index (χ4n) is 1.51. The lowest BCUT2D eigenvalue weighted by atomic mass is 10.1. The Balaban J connectivity index is 2.29. The SMILES string of the molecule is CC(C)c1c(N)nnn1Cc1cncs1. The van der Waals surface area contributed by atoms with Gasteiger partial charge in [0.05, 0.1) is 17.7 Å². The summed E-state index contributed by atoms with van der Waals surface area (Å²) in [7, 11) is 0. The summed E-state index contributed by atoms with van der Waals surface area (Å²) >= 11 is 1.61. The van der Waals surface area contributed by atoms with E-state index in [1.54, 1.807) is 11.3 Å². The van der Waals surface area contributed by atoms with E-state index in [0.717, 1.165) is 10.6 Å². The molecule has 0 amide bonds. The van der Waals surface area contributed by atoms with Crippen LogP contribution in [-0.2, 0) is 6.54 Å². The Labute approximate surface area is 91.9 Å². The molecule has 0 aliphatic rings. The lowest BCUT2D eigenvalue weighted by Gasteiger charge is -2.07. The maximum Gasteiger partial charge on any atom is 0.169 e. The van der Waals surface area contributed by atoms with Gasteiger partial charge in [-0.1, -0.05) is 19.1 Å². The zero-order chi connectivity index (χ0) is 10.8. The van der Waals surface area contributed by atoms with Gasteiger partial charge in [-0.25, -0.2) is 4.68 Å². The maximum absolute atomic E-state index is 5.76. The third kappa shape index (κ3) is 1.99. The largest absolute Gasteiger partial charge is 0.381 e. The Hall–Kier alpha value is -1.43. The van der Waals surface area contributed by atoms with E-state index >= 15 is 0 Å². The van der Waals surface area contributed by atoms with Crippen molar-refractivity contribution in [3.63, 3.8) is 0 Å². The van der Waals surface area contributed by atoms with Crippen molar-refractivity contribution in [2.45, 2.75) is 26.3 Å². The number of hydrogen-bond acceptors (Lipinski definition) is 5. The molecule has 0 saturated heterocycles. The number of rotatable bonds is 3. The molecule has 0 unspecified atom stereocenters. The van der Waals surface area contributed by atoms with Crippen LogP contribution in [0.25, 0.3) is 0 Å². The molecule has 0 atom stereocenters. The fourth-order valence-corrected chi connectivity index (χ4v) is 2.09. The normalized spacial score (nSPS) is 11.1. The third-order valence-corrected chi connectivity index (χ3v) is 2.90. The zero-order valence-electron chi connectivity index (χ0n) is 8.71. The first-order valence-electron chi connectivity index (χ1n) is 4.74. The molecule has 15 heavy (non-hydrogen) atoms. The summed E-state index contributed by atoms with van der Waals surface area (Å²) in [5.41, 5.74) is 8.56. The molecule has 2 rings (SSSR count). The summed E-state index contributed by atoms with van der Waals surface area (Å²) in [6.45, 7) is 4.86. The van der Waals surface area contributed by atoms with Gasteiger partial charge in [0, 0.05) is 11.1 Å². The molecule has 5 nitrogen and oxygen atoms in total. The van der Waals surface area contributed by atoms with Crippen LogP contribution in [0.5, 0.6) is 0 Å². The van der Waals surface area contributed by atoms with Gasteiger partial charge in [-0.3, -0.25) is 4.98 Å². The second kappa shape index (κ2) is 3.98. The molecule has 0 spiro atoms. The molecule has 2 heterocycles. The molecular weight excluding hydrogens is 210 g/mol. The molecule has 0 aromatic carbocycles. The van der Waals surface area contributed by atoms with E-state index in [1.165, 1.54) is 0 Å². The summed E-state index contributed by atoms with van der Waals surface area (Å²) in [6.07, 6.45) is 1.84. The lowest BCUT2D eigenvalue weighted by molar-refractivity contribution is 0.602. The summed E-state index contributed by atoms with van der Waals surface area (Å²) in [5.74, 6) is 0.849. The van der Waals surface area contributed by atoms with E-state index in [9.17, 15) is 0 Å². The topological polar surface area (TPSA) is 69.6 Å². The first kappa shape index (κ1) is 10.1. The lowest BCUT2D eigenvalue weighted by Crippen LogP contribution is -2.07. The van der Waals surface area contributed by atoms with Gasteiger partial charge < -0.3 is 5.73 Å². The zero-order valence-corrected chi connectivity index (χ0v) is 9.53. The average molecular weight is 223 g/mol. The molecule has 0 aliphatic heterocycles. The second-order valence-corrected chi connectivity index (χ2v) is 4.61. The van der Waals surface area contributed by atoms with Crippen LogP contribution in [0.3, 0.4) is 0 Å². The molecule has 2 aromatic heterocycles. The first-order chi connectivity index (χ1) is 7.18. The summed E-state index contributed by atoms with van der Waals surface area (Å²) < 4.78 is 1.84. The first-order valence-corrected chi connectivity index (χ1v) is 5.62. The monoisotopic (exact) mass is 223 g/mol. The number of nitrogens with zero attached hydrogens (tertiary/aromatic N) is 4. The van der Waals surface area contributed by atoms with Crippen molar-refractivity contribution in [2.75, 3.05) is 5.73 Å². The van der Waals surface area contributed by atoms with Gasteiger partial charge in [0.1, 0.15) is 0 Å². The maximum atomic E-state index is 5.76. The van der Waals surface area contributed by atoms with Crippen molar-refractivity contribution in [1.29, 1.82) is 0 Å². The predicted octanol–water partition coefficient (Wildman–Crippen LogP) is 1.49. The smallest absolute Gasteiger partial charge is 0.169 e. The van der Waals surface area contributed by atoms with Gasteiger partial charge in [-0.15, -0.1) is 16.4 Å². The van der Waals surface area contributed by atoms with Gasteiger partial charge in [0.2, 0.25) is 0 Å². The highest BCUT2D eigenvalue weighted by Crippen LogP contribution is 2.20. The van der Waals surface area contributed by atoms with Crippen LogP contribution in [0, 0.1) is 0 Å². The highest BCUT2D eigenvalue weighted by atomic mass is 32.1. The minimum atomic E-state index is 0.327. The molecule has 6 heteroatoms. The Morgan fingerprint density at radius 3 is 2.93 bits per heavy atom. The number of hydrogen-bond donors (Lipinski definition) is 1. The second-order valence-electron chi connectivity index (χ2n) is 3.64. The van der Waals surface area contributed by atoms with Crippen molar-refractivity contribution in [3.05, 3.63) is 22.3 Å². The third-order valence-electron chi connectivity index (χ3n) is 2.14. The van der Waals surface area contributed by atoms with E-state index in [2.05, 4.69) is 29.1 Å². The minimum Gasteiger partial charge on any atom is -0.381 e. The van der Waals surface area contributed by atoms with Gasteiger partial charge >= 0.3 is 0 Å². The van der Waals surface area contributed by atoms with Crippen LogP contribution in [0.15, 0.2) is 11.7 Å². The Bertz CT molecular complexity index is 431. The van der Waals surface area contributed by atoms with Crippen molar-refractivity contribution in [1.82, 2.24) is 20.0 Å². The van der Waals surface area contributed by atoms with E-state index in [-0.39, 0.29) is 0 Å². The van der Waals surface area contributed by atoms with Crippen LogP contribution >= 0.6 is 11.3 Å². The molecule has 2 N–H and O–H groups in total. The van der Waals surface area contributed by atoms with Gasteiger partial charge in [0.25, 0.3) is 0 Å². The highest BCUT2D eigenvalue weighted by molar-refractivity contribution is 7.09. The molecular formula is C9H13N5S. The Morgan fingerprint density at radius 1 is 1.53 bits per heavy atom. The summed E-state index contributed by atoms with van der Waals surface area (Å²) in [4.78, 5) is 5.18. The number of nitrogens with two attached hydrogens (primary N) is 1. The summed E-state index contributed by atoms with van der Waals surface area (Å²) in [6, 6.07) is 0. The van der Waals surface area contributed by atoms with E-state index in [4.69, 9.17) is 5.73 Å². The van der Waals surface area contributed by atoms with Gasteiger partial charge in [0.15, 0.2) is 5.82 Å². The van der Waals surface area contributed by atoms with Crippen LogP contribution < -0.4 is 5.73 Å². The number of nitrogen functional groups attached to an aromatic ring is 1. The van der Waals surface area contributed by atoms with E-state index in [0.29, 0.717) is 18.3 Å². The molecule has 0 saturated carbocycles. The van der Waals surface area contributed by atoms with E-state index in [1.807, 2.05) is 16.4 Å². The number of thiazole rings is 1. The molecule has 2 aromatic rings. The molecule has 0 aliphatic carbocycles. The van der Waals surface area contributed by atoms with Crippen LogP contribution in [0.1, 0.15) is 30.3 Å². The van der Waals surface area contributed by atoms with Crippen molar-refractivity contribution in [2.24, 2.45) is 0 Å². The van der Waals surface area contributed by atoms with Gasteiger partial charge in [-0.2, -0.15) is 0 Å². The highest BCUT2D eigenvalue weighted by Gasteiger charge is 2.14. The van der Waals surface area contributed by atoms with E-state index < -0.39 is 0 Å². The van der Waals surface area contributed by atoms with Gasteiger partial charge in [-0.05, 0) is 5.92 Å². The number of aromatic nitrogens is 4. The van der Waals surface area contributed by atoms with Crippen molar-refractivity contribution in [3.8, 4) is 0 Å². The molecule has 0 bridgehead atoms. The van der Waals surface area contributed by atoms with Crippen LogP contribution in [0.4, 0.5) is 5.82 Å². The fraction of sp³-hybridized carbons (Fsp3) is 0.444. The van der Waals surface area contributed by atoms with Crippen molar-refractivity contribution < 1.29 is 0 Å². The van der Waals surface area contributed by atoms with Crippen LogP contribution in [-0.4, -0.2) is 20.0 Å². The van der Waals surface area contributed by atoms with Crippen LogP contribution in [0.2, 0.25) is 0 Å². The minimum absolute atomic E-state index is 0.327. The quantitative estimate of drug-likeness (QED) is 0.855. The Morgan fingerprint density at radius 2 is 2.33 bits per heavy atom. The predicted molar refractivity (Wildman–Crippen MR) is 59.7 cm³/mol.